The molecular weight excluding hydrogens is 230 g/mol. The van der Waals surface area contributed by atoms with Crippen LogP contribution in [0, 0.1) is 5.92 Å². The van der Waals surface area contributed by atoms with Crippen LogP contribution in [0.2, 0.25) is 0 Å². The van der Waals surface area contributed by atoms with Crippen LogP contribution in [-0.2, 0) is 11.3 Å². The van der Waals surface area contributed by atoms with E-state index in [0.29, 0.717) is 19.1 Å². The van der Waals surface area contributed by atoms with E-state index in [1.54, 1.807) is 0 Å². The van der Waals surface area contributed by atoms with Crippen LogP contribution >= 0.6 is 0 Å². The van der Waals surface area contributed by atoms with E-state index in [1.165, 1.54) is 0 Å². The third-order valence-corrected chi connectivity index (χ3v) is 3.12. The first-order valence-electron chi connectivity index (χ1n) is 6.38. The molecule has 0 aromatic heterocycles. The maximum atomic E-state index is 11.1. The van der Waals surface area contributed by atoms with Crippen molar-refractivity contribution in [2.24, 2.45) is 5.92 Å². The molecule has 0 heterocycles. The number of nitrogens with one attached hydrogen (secondary N) is 1. The van der Waals surface area contributed by atoms with Crippen molar-refractivity contribution in [3.8, 4) is 5.75 Å². The first-order chi connectivity index (χ1) is 8.70. The van der Waals surface area contributed by atoms with E-state index < -0.39 is 12.0 Å². The Morgan fingerprint density at radius 1 is 1.44 bits per heavy atom. The molecule has 4 heteroatoms. The molecule has 1 atom stereocenters. The van der Waals surface area contributed by atoms with Crippen LogP contribution in [0.15, 0.2) is 24.3 Å². The molecule has 18 heavy (non-hydrogen) atoms. The molecule has 1 fully saturated rings. The molecule has 0 radical (unpaired) electrons. The quantitative estimate of drug-likeness (QED) is 0.776. The topological polar surface area (TPSA) is 58.6 Å². The molecule has 1 unspecified atom stereocenters. The molecule has 4 nitrogen and oxygen atoms in total. The predicted molar refractivity (Wildman–Crippen MR) is 68.6 cm³/mol. The van der Waals surface area contributed by atoms with E-state index in [1.807, 2.05) is 31.2 Å². The fourth-order valence-corrected chi connectivity index (χ4v) is 1.98. The first kappa shape index (κ1) is 12.9. The average molecular weight is 249 g/mol. The normalized spacial score (nSPS) is 16.3. The monoisotopic (exact) mass is 249 g/mol. The van der Waals surface area contributed by atoms with Crippen molar-refractivity contribution in [3.63, 3.8) is 0 Å². The molecule has 2 rings (SSSR count). The lowest BCUT2D eigenvalue weighted by molar-refractivity contribution is -0.140. The van der Waals surface area contributed by atoms with Gasteiger partial charge in [-0.05, 0) is 43.4 Å². The fraction of sp³-hybridized carbons (Fsp3) is 0.500. The lowest BCUT2D eigenvalue weighted by atomic mass is 10.1. The highest BCUT2D eigenvalue weighted by Crippen LogP contribution is 2.32. The van der Waals surface area contributed by atoms with Gasteiger partial charge in [-0.2, -0.15) is 0 Å². The molecular formula is C14H19NO3. The van der Waals surface area contributed by atoms with Gasteiger partial charge in [0.2, 0.25) is 0 Å². The van der Waals surface area contributed by atoms with Gasteiger partial charge in [0.1, 0.15) is 11.8 Å². The minimum Gasteiger partial charge on any atom is -0.494 e. The largest absolute Gasteiger partial charge is 0.494 e. The predicted octanol–water partition coefficient (Wildman–Crippen LogP) is 2.04. The number of hydrogen-bond donors (Lipinski definition) is 2. The van der Waals surface area contributed by atoms with Gasteiger partial charge in [0, 0.05) is 6.54 Å². The highest BCUT2D eigenvalue weighted by Gasteiger charge is 2.35. The molecule has 0 amide bonds. The van der Waals surface area contributed by atoms with Crippen molar-refractivity contribution >= 4 is 5.97 Å². The van der Waals surface area contributed by atoms with Crippen molar-refractivity contribution in [2.45, 2.75) is 32.4 Å². The smallest absolute Gasteiger partial charge is 0.320 e. The van der Waals surface area contributed by atoms with Crippen LogP contribution in [-0.4, -0.2) is 23.7 Å². The number of ether oxygens (including phenoxy) is 1. The van der Waals surface area contributed by atoms with Crippen molar-refractivity contribution in [1.82, 2.24) is 5.32 Å². The second-order valence-corrected chi connectivity index (χ2v) is 4.61. The third kappa shape index (κ3) is 3.47. The molecule has 1 aliphatic rings. The zero-order chi connectivity index (χ0) is 13.0. The van der Waals surface area contributed by atoms with Crippen molar-refractivity contribution in [1.29, 1.82) is 0 Å². The van der Waals surface area contributed by atoms with Crippen LogP contribution in [0.4, 0.5) is 0 Å². The lowest BCUT2D eigenvalue weighted by Gasteiger charge is -2.13. The lowest BCUT2D eigenvalue weighted by Crippen LogP contribution is -2.37. The van der Waals surface area contributed by atoms with Gasteiger partial charge in [-0.1, -0.05) is 12.1 Å². The second kappa shape index (κ2) is 5.87. The molecule has 1 aliphatic carbocycles. The second-order valence-electron chi connectivity index (χ2n) is 4.61. The van der Waals surface area contributed by atoms with Crippen molar-refractivity contribution in [3.05, 3.63) is 29.8 Å². The van der Waals surface area contributed by atoms with E-state index in [2.05, 4.69) is 5.32 Å². The van der Waals surface area contributed by atoms with Crippen molar-refractivity contribution < 1.29 is 14.6 Å². The molecule has 2 N–H and O–H groups in total. The van der Waals surface area contributed by atoms with Gasteiger partial charge in [0.05, 0.1) is 6.61 Å². The Morgan fingerprint density at radius 2 is 2.11 bits per heavy atom. The Balaban J connectivity index is 1.86. The summed E-state index contributed by atoms with van der Waals surface area (Å²) in [4.78, 5) is 11.1. The Hall–Kier alpha value is -1.55. The van der Waals surface area contributed by atoms with E-state index in [0.717, 1.165) is 24.2 Å². The first-order valence-corrected chi connectivity index (χ1v) is 6.38. The minimum absolute atomic E-state index is 0.310. The summed E-state index contributed by atoms with van der Waals surface area (Å²) in [5.41, 5.74) is 1.07. The molecule has 1 aromatic carbocycles. The average Bonchev–Trinajstić information content (AvgIpc) is 3.16. The highest BCUT2D eigenvalue weighted by molar-refractivity contribution is 5.74. The number of rotatable bonds is 7. The van der Waals surface area contributed by atoms with E-state index in [9.17, 15) is 4.79 Å². The van der Waals surface area contributed by atoms with Gasteiger partial charge >= 0.3 is 5.97 Å². The van der Waals surface area contributed by atoms with Crippen LogP contribution in [0.25, 0.3) is 0 Å². The van der Waals surface area contributed by atoms with Crippen LogP contribution in [0.1, 0.15) is 25.3 Å². The van der Waals surface area contributed by atoms with Gasteiger partial charge in [-0.15, -0.1) is 0 Å². The molecule has 0 aliphatic heterocycles. The molecule has 0 spiro atoms. The SMILES string of the molecule is CCOc1ccc(CNC(C(=O)O)C2CC2)cc1. The van der Waals surface area contributed by atoms with Gasteiger partial charge in [0.15, 0.2) is 0 Å². The number of hydrogen-bond acceptors (Lipinski definition) is 3. The summed E-state index contributed by atoms with van der Waals surface area (Å²) in [6.45, 7) is 3.18. The fourth-order valence-electron chi connectivity index (χ4n) is 1.98. The minimum atomic E-state index is -0.747. The van der Waals surface area contributed by atoms with Gasteiger partial charge < -0.3 is 15.2 Å². The van der Waals surface area contributed by atoms with Crippen LogP contribution in [0.5, 0.6) is 5.75 Å². The van der Waals surface area contributed by atoms with Crippen LogP contribution in [0.3, 0.4) is 0 Å². The van der Waals surface area contributed by atoms with Crippen LogP contribution < -0.4 is 10.1 Å². The van der Waals surface area contributed by atoms with E-state index in [-0.39, 0.29) is 0 Å². The number of carboxylic acid groups (broad SMARTS) is 1. The standard InChI is InChI=1S/C14H19NO3/c1-2-18-12-7-3-10(4-8-12)9-15-13(14(16)17)11-5-6-11/h3-4,7-8,11,13,15H,2,5-6,9H2,1H3,(H,16,17). The molecule has 0 saturated heterocycles. The number of carbonyl (C=O) groups is 1. The highest BCUT2D eigenvalue weighted by atomic mass is 16.5. The van der Waals surface area contributed by atoms with Gasteiger partial charge in [-0.3, -0.25) is 4.79 Å². The van der Waals surface area contributed by atoms with Gasteiger partial charge in [0.25, 0.3) is 0 Å². The maximum absolute atomic E-state index is 11.1. The summed E-state index contributed by atoms with van der Waals surface area (Å²) in [7, 11) is 0. The molecule has 98 valence electrons. The number of benzene rings is 1. The third-order valence-electron chi connectivity index (χ3n) is 3.12. The summed E-state index contributed by atoms with van der Waals surface area (Å²) >= 11 is 0. The summed E-state index contributed by atoms with van der Waals surface area (Å²) in [5.74, 6) is 0.409. The number of aliphatic carboxylic acids is 1. The summed E-state index contributed by atoms with van der Waals surface area (Å²) in [6, 6.07) is 7.34. The summed E-state index contributed by atoms with van der Waals surface area (Å²) in [5, 5.41) is 12.2. The molecule has 0 bridgehead atoms. The summed E-state index contributed by atoms with van der Waals surface area (Å²) in [6.07, 6.45) is 2.04. The van der Waals surface area contributed by atoms with E-state index in [4.69, 9.17) is 9.84 Å². The Kier molecular flexibility index (Phi) is 4.20. The van der Waals surface area contributed by atoms with E-state index >= 15 is 0 Å². The Labute approximate surface area is 107 Å². The Bertz CT molecular complexity index is 398. The molecule has 1 aromatic rings. The summed E-state index contributed by atoms with van der Waals surface area (Å²) < 4.78 is 5.36. The molecule has 1 saturated carbocycles. The maximum Gasteiger partial charge on any atom is 0.320 e. The zero-order valence-corrected chi connectivity index (χ0v) is 10.6. The zero-order valence-electron chi connectivity index (χ0n) is 10.6. The van der Waals surface area contributed by atoms with Gasteiger partial charge in [-0.25, -0.2) is 0 Å². The Morgan fingerprint density at radius 3 is 2.61 bits per heavy atom. The van der Waals surface area contributed by atoms with Crippen molar-refractivity contribution in [2.75, 3.05) is 6.61 Å². The number of carboxylic acids is 1.